The number of nitrogens with zero attached hydrogens (tertiary/aromatic N) is 3. The summed E-state index contributed by atoms with van der Waals surface area (Å²) in [4.78, 5) is 17.8. The number of carbonyl (C=O) groups excluding carboxylic acids is 1. The Morgan fingerprint density at radius 2 is 1.29 bits per heavy atom. The SMILES string of the molecule is CN(C)CCCN(CCCN(C)C)C(=O)CCl. The zero-order valence-corrected chi connectivity index (χ0v) is 12.3. The predicted octanol–water partition coefficient (Wildman–Crippen LogP) is 0.957. The number of rotatable bonds is 9. The van der Waals surface area contributed by atoms with Crippen molar-refractivity contribution < 1.29 is 4.79 Å². The van der Waals surface area contributed by atoms with Crippen molar-refractivity contribution >= 4 is 17.5 Å². The van der Waals surface area contributed by atoms with E-state index in [0.717, 1.165) is 39.0 Å². The molecule has 0 saturated heterocycles. The lowest BCUT2D eigenvalue weighted by molar-refractivity contribution is -0.128. The van der Waals surface area contributed by atoms with Crippen LogP contribution in [0.5, 0.6) is 0 Å². The molecular weight excluding hydrogens is 238 g/mol. The van der Waals surface area contributed by atoms with Crippen molar-refractivity contribution in [3.8, 4) is 0 Å². The lowest BCUT2D eigenvalue weighted by Crippen LogP contribution is -2.36. The minimum atomic E-state index is 0.0455. The summed E-state index contributed by atoms with van der Waals surface area (Å²) in [6.07, 6.45) is 2.00. The number of halogens is 1. The second-order valence-corrected chi connectivity index (χ2v) is 5.10. The van der Waals surface area contributed by atoms with Crippen LogP contribution in [0.25, 0.3) is 0 Å². The van der Waals surface area contributed by atoms with E-state index in [1.807, 2.05) is 33.1 Å². The van der Waals surface area contributed by atoms with E-state index in [4.69, 9.17) is 11.6 Å². The maximum Gasteiger partial charge on any atom is 0.237 e. The first-order valence-electron chi connectivity index (χ1n) is 6.10. The Labute approximate surface area is 110 Å². The molecule has 0 aromatic heterocycles. The highest BCUT2D eigenvalue weighted by Crippen LogP contribution is 1.99. The van der Waals surface area contributed by atoms with Gasteiger partial charge in [-0.15, -0.1) is 11.6 Å². The number of hydrogen-bond donors (Lipinski definition) is 0. The van der Waals surface area contributed by atoms with E-state index < -0.39 is 0 Å². The molecule has 0 N–H and O–H groups in total. The molecule has 0 heterocycles. The Balaban J connectivity index is 3.93. The van der Waals surface area contributed by atoms with Crippen molar-refractivity contribution in [2.45, 2.75) is 12.8 Å². The van der Waals surface area contributed by atoms with Gasteiger partial charge in [-0.05, 0) is 54.1 Å². The molecule has 0 fully saturated rings. The van der Waals surface area contributed by atoms with Gasteiger partial charge in [0.05, 0.1) is 0 Å². The van der Waals surface area contributed by atoms with Crippen LogP contribution < -0.4 is 0 Å². The third kappa shape index (κ3) is 9.39. The molecule has 0 saturated carbocycles. The van der Waals surface area contributed by atoms with Gasteiger partial charge < -0.3 is 14.7 Å². The highest BCUT2D eigenvalue weighted by molar-refractivity contribution is 6.27. The molecule has 0 aliphatic rings. The fraction of sp³-hybridized carbons (Fsp3) is 0.917. The van der Waals surface area contributed by atoms with Crippen LogP contribution in [-0.4, -0.2) is 80.9 Å². The molecule has 1 amide bonds. The first-order valence-corrected chi connectivity index (χ1v) is 6.64. The van der Waals surface area contributed by atoms with Crippen LogP contribution in [0, 0.1) is 0 Å². The fourth-order valence-corrected chi connectivity index (χ4v) is 1.77. The minimum absolute atomic E-state index is 0.0455. The van der Waals surface area contributed by atoms with Crippen LogP contribution >= 0.6 is 11.6 Å². The fourth-order valence-electron chi connectivity index (χ4n) is 1.60. The second kappa shape index (κ2) is 9.68. The van der Waals surface area contributed by atoms with Gasteiger partial charge >= 0.3 is 0 Å². The van der Waals surface area contributed by atoms with Crippen LogP contribution in [0.15, 0.2) is 0 Å². The molecule has 0 atom stereocenters. The first-order chi connectivity index (χ1) is 7.97. The molecule has 0 unspecified atom stereocenters. The maximum absolute atomic E-state index is 11.6. The van der Waals surface area contributed by atoms with Crippen molar-refractivity contribution in [1.82, 2.24) is 14.7 Å². The summed E-state index contributed by atoms with van der Waals surface area (Å²) in [5.41, 5.74) is 0. The van der Waals surface area contributed by atoms with E-state index in [1.54, 1.807) is 0 Å². The molecule has 5 heteroatoms. The second-order valence-electron chi connectivity index (χ2n) is 4.83. The van der Waals surface area contributed by atoms with Crippen molar-refractivity contribution in [2.75, 3.05) is 60.2 Å². The number of alkyl halides is 1. The Morgan fingerprint density at radius 1 is 0.882 bits per heavy atom. The van der Waals surface area contributed by atoms with Crippen LogP contribution in [0.3, 0.4) is 0 Å². The maximum atomic E-state index is 11.6. The molecule has 0 aliphatic carbocycles. The van der Waals surface area contributed by atoms with E-state index in [-0.39, 0.29) is 11.8 Å². The van der Waals surface area contributed by atoms with E-state index in [2.05, 4.69) is 9.80 Å². The lowest BCUT2D eigenvalue weighted by Gasteiger charge is -2.23. The quantitative estimate of drug-likeness (QED) is 0.580. The van der Waals surface area contributed by atoms with E-state index in [9.17, 15) is 4.79 Å². The van der Waals surface area contributed by atoms with Crippen molar-refractivity contribution in [1.29, 1.82) is 0 Å². The summed E-state index contributed by atoms with van der Waals surface area (Å²) >= 11 is 5.62. The van der Waals surface area contributed by atoms with E-state index in [0.29, 0.717) is 0 Å². The van der Waals surface area contributed by atoms with Gasteiger partial charge in [0, 0.05) is 13.1 Å². The summed E-state index contributed by atoms with van der Waals surface area (Å²) in [6, 6.07) is 0. The van der Waals surface area contributed by atoms with Gasteiger partial charge in [0.25, 0.3) is 0 Å². The Kier molecular flexibility index (Phi) is 9.50. The molecule has 0 aromatic rings. The zero-order chi connectivity index (χ0) is 13.3. The average molecular weight is 264 g/mol. The molecule has 0 aromatic carbocycles. The van der Waals surface area contributed by atoms with Gasteiger partial charge in [0.15, 0.2) is 0 Å². The molecule has 102 valence electrons. The van der Waals surface area contributed by atoms with Gasteiger partial charge in [-0.25, -0.2) is 0 Å². The van der Waals surface area contributed by atoms with E-state index >= 15 is 0 Å². The summed E-state index contributed by atoms with van der Waals surface area (Å²) in [7, 11) is 8.17. The van der Waals surface area contributed by atoms with Gasteiger partial charge in [-0.3, -0.25) is 4.79 Å². The summed E-state index contributed by atoms with van der Waals surface area (Å²) in [6.45, 7) is 3.60. The molecule has 4 nitrogen and oxygen atoms in total. The highest BCUT2D eigenvalue weighted by atomic mass is 35.5. The van der Waals surface area contributed by atoms with Crippen molar-refractivity contribution in [3.05, 3.63) is 0 Å². The summed E-state index contributed by atoms with van der Waals surface area (Å²) in [5.74, 6) is 0.133. The van der Waals surface area contributed by atoms with Crippen molar-refractivity contribution in [2.24, 2.45) is 0 Å². The van der Waals surface area contributed by atoms with Crippen LogP contribution in [0.4, 0.5) is 0 Å². The molecule has 0 aliphatic heterocycles. The average Bonchev–Trinajstić information content (AvgIpc) is 2.25. The third-order valence-electron chi connectivity index (χ3n) is 2.53. The normalized spacial score (nSPS) is 11.2. The standard InChI is InChI=1S/C12H26ClN3O/c1-14(2)7-5-9-16(12(17)11-13)10-6-8-15(3)4/h5-11H2,1-4H3. The Morgan fingerprint density at radius 3 is 1.59 bits per heavy atom. The third-order valence-corrected chi connectivity index (χ3v) is 2.76. The zero-order valence-electron chi connectivity index (χ0n) is 11.6. The molecular formula is C12H26ClN3O. The smallest absolute Gasteiger partial charge is 0.237 e. The minimum Gasteiger partial charge on any atom is -0.342 e. The van der Waals surface area contributed by atoms with Crippen LogP contribution in [0.2, 0.25) is 0 Å². The topological polar surface area (TPSA) is 26.8 Å². The number of carbonyl (C=O) groups is 1. The van der Waals surface area contributed by atoms with Gasteiger partial charge in [0.1, 0.15) is 5.88 Å². The largest absolute Gasteiger partial charge is 0.342 e. The van der Waals surface area contributed by atoms with E-state index in [1.165, 1.54) is 0 Å². The Bertz CT molecular complexity index is 196. The van der Waals surface area contributed by atoms with Crippen LogP contribution in [0.1, 0.15) is 12.8 Å². The molecule has 0 bridgehead atoms. The monoisotopic (exact) mass is 263 g/mol. The van der Waals surface area contributed by atoms with Crippen LogP contribution in [-0.2, 0) is 4.79 Å². The summed E-state index contributed by atoms with van der Waals surface area (Å²) in [5, 5.41) is 0. The van der Waals surface area contributed by atoms with Gasteiger partial charge in [0.2, 0.25) is 5.91 Å². The molecule has 17 heavy (non-hydrogen) atoms. The molecule has 0 rings (SSSR count). The highest BCUT2D eigenvalue weighted by Gasteiger charge is 2.11. The van der Waals surface area contributed by atoms with Crippen molar-refractivity contribution in [3.63, 3.8) is 0 Å². The predicted molar refractivity (Wildman–Crippen MR) is 73.6 cm³/mol. The number of amides is 1. The Hall–Kier alpha value is -0.320. The molecule has 0 spiro atoms. The summed E-state index contributed by atoms with van der Waals surface area (Å²) < 4.78 is 0. The first kappa shape index (κ1) is 16.7. The van der Waals surface area contributed by atoms with Gasteiger partial charge in [-0.2, -0.15) is 0 Å². The number of hydrogen-bond acceptors (Lipinski definition) is 3. The lowest BCUT2D eigenvalue weighted by atomic mass is 10.3. The molecule has 0 radical (unpaired) electrons. The van der Waals surface area contributed by atoms with Gasteiger partial charge in [-0.1, -0.05) is 0 Å².